The van der Waals surface area contributed by atoms with Crippen LogP contribution in [0.2, 0.25) is 0 Å². The van der Waals surface area contributed by atoms with Gasteiger partial charge in [0.05, 0.1) is 5.25 Å². The molecular weight excluding hydrogens is 230 g/mol. The van der Waals surface area contributed by atoms with Crippen LogP contribution in [0.25, 0.3) is 0 Å². The molecule has 0 aliphatic carbocycles. The smallest absolute Gasteiger partial charge is 0.0563 e. The van der Waals surface area contributed by atoms with Crippen molar-refractivity contribution >= 4 is 10.8 Å². The highest BCUT2D eigenvalue weighted by Crippen LogP contribution is 2.24. The third-order valence-corrected chi connectivity index (χ3v) is 5.16. The first kappa shape index (κ1) is 14.4. The van der Waals surface area contributed by atoms with Crippen molar-refractivity contribution in [1.82, 2.24) is 0 Å². The molecule has 2 N–H and O–H groups in total. The molecule has 0 heterocycles. The minimum atomic E-state index is -0.844. The summed E-state index contributed by atoms with van der Waals surface area (Å²) in [5.74, 6) is 1.07. The van der Waals surface area contributed by atoms with Crippen LogP contribution in [0.5, 0.6) is 0 Å². The summed E-state index contributed by atoms with van der Waals surface area (Å²) in [5, 5.41) is 0.0392. The molecule has 1 rings (SSSR count). The zero-order chi connectivity index (χ0) is 12.8. The van der Waals surface area contributed by atoms with Gasteiger partial charge in [0.15, 0.2) is 0 Å². The second-order valence-electron chi connectivity index (χ2n) is 4.73. The molecule has 0 radical (unpaired) electrons. The Hall–Kier alpha value is -0.670. The Morgan fingerprint density at radius 1 is 1.24 bits per heavy atom. The van der Waals surface area contributed by atoms with Gasteiger partial charge in [-0.1, -0.05) is 51.1 Å². The van der Waals surface area contributed by atoms with E-state index in [0.717, 1.165) is 17.7 Å². The summed E-state index contributed by atoms with van der Waals surface area (Å²) in [4.78, 5) is 0. The average Bonchev–Trinajstić information content (AvgIpc) is 2.30. The lowest BCUT2D eigenvalue weighted by molar-refractivity contribution is 0.510. The lowest BCUT2D eigenvalue weighted by Crippen LogP contribution is -2.35. The normalized spacial score (nSPS) is 16.8. The van der Waals surface area contributed by atoms with Crippen LogP contribution >= 0.6 is 0 Å². The Kier molecular flexibility index (Phi) is 5.86. The summed E-state index contributed by atoms with van der Waals surface area (Å²) in [7, 11) is -0.844. The van der Waals surface area contributed by atoms with Crippen molar-refractivity contribution in [3.8, 4) is 0 Å². The van der Waals surface area contributed by atoms with Gasteiger partial charge in [-0.05, 0) is 17.9 Å². The highest BCUT2D eigenvalue weighted by Gasteiger charge is 2.27. The largest absolute Gasteiger partial charge is 0.323 e. The molecule has 0 aliphatic rings. The van der Waals surface area contributed by atoms with Gasteiger partial charge in [0.25, 0.3) is 0 Å². The van der Waals surface area contributed by atoms with E-state index in [0.29, 0.717) is 5.92 Å². The summed E-state index contributed by atoms with van der Waals surface area (Å²) >= 11 is 0. The van der Waals surface area contributed by atoms with Crippen LogP contribution in [0.1, 0.15) is 38.8 Å². The van der Waals surface area contributed by atoms with E-state index >= 15 is 0 Å². The number of rotatable bonds is 6. The van der Waals surface area contributed by atoms with Crippen molar-refractivity contribution in [3.05, 3.63) is 35.9 Å². The van der Waals surface area contributed by atoms with Crippen LogP contribution < -0.4 is 5.73 Å². The number of hydrogen-bond donors (Lipinski definition) is 1. The Balaban J connectivity index is 2.88. The monoisotopic (exact) mass is 253 g/mol. The molecule has 3 atom stereocenters. The lowest BCUT2D eigenvalue weighted by atomic mass is 9.97. The second-order valence-corrected chi connectivity index (χ2v) is 6.44. The van der Waals surface area contributed by atoms with Gasteiger partial charge in [-0.15, -0.1) is 0 Å². The number of nitrogens with two attached hydrogens (primary N) is 1. The summed E-state index contributed by atoms with van der Waals surface area (Å²) in [6.07, 6.45) is 0.942. The number of hydrogen-bond acceptors (Lipinski definition) is 2. The summed E-state index contributed by atoms with van der Waals surface area (Å²) in [6, 6.07) is 9.84. The van der Waals surface area contributed by atoms with E-state index in [1.165, 1.54) is 0 Å². The highest BCUT2D eigenvalue weighted by molar-refractivity contribution is 7.85. The maximum atomic E-state index is 12.2. The van der Waals surface area contributed by atoms with Gasteiger partial charge < -0.3 is 5.73 Å². The molecule has 0 aliphatic heterocycles. The van der Waals surface area contributed by atoms with Gasteiger partial charge >= 0.3 is 0 Å². The fourth-order valence-corrected chi connectivity index (χ4v) is 3.85. The van der Waals surface area contributed by atoms with Crippen LogP contribution in [-0.4, -0.2) is 15.2 Å². The Bertz CT molecular complexity index is 350. The van der Waals surface area contributed by atoms with Crippen LogP contribution in [0.4, 0.5) is 0 Å². The van der Waals surface area contributed by atoms with Crippen molar-refractivity contribution in [3.63, 3.8) is 0 Å². The van der Waals surface area contributed by atoms with E-state index < -0.39 is 10.8 Å². The molecule has 0 saturated carbocycles. The molecule has 96 valence electrons. The van der Waals surface area contributed by atoms with E-state index in [-0.39, 0.29) is 11.3 Å². The van der Waals surface area contributed by atoms with E-state index in [1.807, 2.05) is 30.3 Å². The van der Waals surface area contributed by atoms with Crippen molar-refractivity contribution in [2.24, 2.45) is 11.7 Å². The molecule has 0 spiro atoms. The van der Waals surface area contributed by atoms with Crippen LogP contribution in [0.15, 0.2) is 30.3 Å². The van der Waals surface area contributed by atoms with Crippen molar-refractivity contribution in [2.45, 2.75) is 38.5 Å². The van der Waals surface area contributed by atoms with Gasteiger partial charge in [-0.3, -0.25) is 4.21 Å². The van der Waals surface area contributed by atoms with Crippen LogP contribution in [-0.2, 0) is 10.8 Å². The minimum absolute atomic E-state index is 0.0392. The summed E-state index contributed by atoms with van der Waals surface area (Å²) in [5.41, 5.74) is 7.36. The van der Waals surface area contributed by atoms with Crippen molar-refractivity contribution in [1.29, 1.82) is 0 Å². The van der Waals surface area contributed by atoms with E-state index in [1.54, 1.807) is 0 Å². The minimum Gasteiger partial charge on any atom is -0.323 e. The maximum absolute atomic E-state index is 12.2. The van der Waals surface area contributed by atoms with Gasteiger partial charge in [0, 0.05) is 22.6 Å². The zero-order valence-electron chi connectivity index (χ0n) is 10.9. The topological polar surface area (TPSA) is 43.1 Å². The lowest BCUT2D eigenvalue weighted by Gasteiger charge is -2.27. The Morgan fingerprint density at radius 2 is 1.82 bits per heavy atom. The fourth-order valence-electron chi connectivity index (χ4n) is 2.08. The SMILES string of the molecule is CCCS(=O)C(C(C)C)C(N)c1ccccc1. The molecule has 0 saturated heterocycles. The molecule has 3 heteroatoms. The van der Waals surface area contributed by atoms with Crippen LogP contribution in [0, 0.1) is 5.92 Å². The number of benzene rings is 1. The average molecular weight is 253 g/mol. The first-order valence-corrected chi connectivity index (χ1v) is 7.63. The molecule has 1 aromatic rings. The molecule has 2 nitrogen and oxygen atoms in total. The molecule has 0 fully saturated rings. The summed E-state index contributed by atoms with van der Waals surface area (Å²) in [6.45, 7) is 6.26. The van der Waals surface area contributed by atoms with Gasteiger partial charge in [0.2, 0.25) is 0 Å². The molecule has 17 heavy (non-hydrogen) atoms. The van der Waals surface area contributed by atoms with E-state index in [9.17, 15) is 4.21 Å². The molecular formula is C14H23NOS. The second kappa shape index (κ2) is 6.92. The van der Waals surface area contributed by atoms with Crippen LogP contribution in [0.3, 0.4) is 0 Å². The maximum Gasteiger partial charge on any atom is 0.0563 e. The summed E-state index contributed by atoms with van der Waals surface area (Å²) < 4.78 is 12.2. The predicted molar refractivity (Wildman–Crippen MR) is 75.3 cm³/mol. The quantitative estimate of drug-likeness (QED) is 0.847. The van der Waals surface area contributed by atoms with Gasteiger partial charge in [-0.25, -0.2) is 0 Å². The molecule has 0 bridgehead atoms. The first-order chi connectivity index (χ1) is 8.07. The van der Waals surface area contributed by atoms with Gasteiger partial charge in [0.1, 0.15) is 0 Å². The van der Waals surface area contributed by atoms with Gasteiger partial charge in [-0.2, -0.15) is 0 Å². The molecule has 1 aromatic carbocycles. The van der Waals surface area contributed by atoms with Crippen molar-refractivity contribution < 1.29 is 4.21 Å². The first-order valence-electron chi connectivity index (χ1n) is 6.25. The third kappa shape index (κ3) is 3.93. The van der Waals surface area contributed by atoms with Crippen molar-refractivity contribution in [2.75, 3.05) is 5.75 Å². The van der Waals surface area contributed by atoms with E-state index in [2.05, 4.69) is 20.8 Å². The molecule has 0 amide bonds. The fraction of sp³-hybridized carbons (Fsp3) is 0.571. The standard InChI is InChI=1S/C14H23NOS/c1-4-10-17(16)14(11(2)3)13(15)12-8-6-5-7-9-12/h5-9,11,13-14H,4,10,15H2,1-3H3. The zero-order valence-corrected chi connectivity index (χ0v) is 11.7. The molecule has 0 aromatic heterocycles. The van der Waals surface area contributed by atoms with E-state index in [4.69, 9.17) is 5.73 Å². The Labute approximate surface area is 107 Å². The Morgan fingerprint density at radius 3 is 2.29 bits per heavy atom. The molecule has 3 unspecified atom stereocenters. The predicted octanol–water partition coefficient (Wildman–Crippen LogP) is 2.87. The third-order valence-electron chi connectivity index (χ3n) is 2.90. The highest BCUT2D eigenvalue weighted by atomic mass is 32.2.